The largest absolute Gasteiger partial charge is 0.393 e. The van der Waals surface area contributed by atoms with Crippen molar-refractivity contribution in [2.45, 2.75) is 100 Å². The Bertz CT molecular complexity index is 1330. The summed E-state index contributed by atoms with van der Waals surface area (Å²) in [4.78, 5) is 13.0. The molecule has 0 unspecified atom stereocenters. The highest BCUT2D eigenvalue weighted by atomic mass is 16.3. The Morgan fingerprint density at radius 2 is 1.39 bits per heavy atom. The SMILES string of the molecule is CC1=C[C@H](O)CC(C)(C)[C@@H]1\C=C/C(C)=C/C=C/C(C)=C/C=C/C=C(C)/C=C/C=C(\CO)C(=O)CC1=C(C)C[C@@H](O)CC1(C)C. The maximum absolute atomic E-state index is 13.0. The van der Waals surface area contributed by atoms with Crippen molar-refractivity contribution in [2.24, 2.45) is 16.7 Å². The summed E-state index contributed by atoms with van der Waals surface area (Å²) in [6.07, 6.45) is 27.7. The van der Waals surface area contributed by atoms with Crippen LogP contribution in [0.4, 0.5) is 0 Å². The van der Waals surface area contributed by atoms with Crippen LogP contribution in [0.25, 0.3) is 0 Å². The molecule has 4 nitrogen and oxygen atoms in total. The van der Waals surface area contributed by atoms with Gasteiger partial charge < -0.3 is 15.3 Å². The molecule has 2 aliphatic rings. The van der Waals surface area contributed by atoms with Crippen molar-refractivity contribution in [1.29, 1.82) is 0 Å². The first-order chi connectivity index (χ1) is 20.6. The number of carbonyl (C=O) groups is 1. The third-order valence-electron chi connectivity index (χ3n) is 8.76. The molecule has 0 aliphatic heterocycles. The number of carbonyl (C=O) groups excluding carboxylic acids is 1. The molecule has 0 saturated heterocycles. The first-order valence-corrected chi connectivity index (χ1v) is 15.9. The van der Waals surface area contributed by atoms with Gasteiger partial charge in [0.15, 0.2) is 5.78 Å². The summed E-state index contributed by atoms with van der Waals surface area (Å²) in [5, 5.41) is 30.0. The summed E-state index contributed by atoms with van der Waals surface area (Å²) in [7, 11) is 0. The van der Waals surface area contributed by atoms with E-state index in [-0.39, 0.29) is 41.8 Å². The smallest absolute Gasteiger partial charge is 0.165 e. The molecule has 3 N–H and O–H groups in total. The van der Waals surface area contributed by atoms with Gasteiger partial charge in [-0.1, -0.05) is 140 Å². The van der Waals surface area contributed by atoms with Crippen LogP contribution in [0, 0.1) is 16.7 Å². The van der Waals surface area contributed by atoms with Crippen LogP contribution in [0.2, 0.25) is 0 Å². The highest BCUT2D eigenvalue weighted by Crippen LogP contribution is 2.43. The zero-order chi connectivity index (χ0) is 33.1. The number of ketones is 1. The van der Waals surface area contributed by atoms with Crippen molar-refractivity contribution in [3.05, 3.63) is 118 Å². The molecule has 0 aromatic carbocycles. The first-order valence-electron chi connectivity index (χ1n) is 15.9. The zero-order valence-electron chi connectivity index (χ0n) is 28.5. The molecule has 4 heteroatoms. The van der Waals surface area contributed by atoms with Gasteiger partial charge in [0.1, 0.15) is 0 Å². The Labute approximate surface area is 267 Å². The van der Waals surface area contributed by atoms with Crippen LogP contribution in [0.1, 0.15) is 88.0 Å². The number of allylic oxidation sites excluding steroid dienone is 17. The fourth-order valence-electron chi connectivity index (χ4n) is 6.39. The molecule has 3 atom stereocenters. The number of Topliss-reactive ketones (excluding diaryl/α,β-unsaturated/α-hetero) is 1. The average molecular weight is 601 g/mol. The van der Waals surface area contributed by atoms with Crippen LogP contribution in [-0.4, -0.2) is 39.9 Å². The van der Waals surface area contributed by atoms with E-state index in [1.54, 1.807) is 6.08 Å². The molecule has 0 spiro atoms. The number of rotatable bonds is 12. The standard InChI is InChI=1S/C40H56O4/c1-28(16-12-17-30(3)20-21-36-31(4)22-34(42)25-39(36,6)7)14-10-11-15-29(2)18-13-19-33(27-41)38(44)24-37-32(5)23-35(43)26-40(37,8)9/h10-22,34-36,41-43H,23-27H2,1-9H3/b11-10+,16-12+,18-13+,21-20-,28-14+,29-15+,30-17+,33-19+/t34-,35+,36+/m0/s1. The third kappa shape index (κ3) is 11.8. The maximum Gasteiger partial charge on any atom is 0.165 e. The quantitative estimate of drug-likeness (QED) is 0.119. The van der Waals surface area contributed by atoms with Gasteiger partial charge in [-0.05, 0) is 64.7 Å². The lowest BCUT2D eigenvalue weighted by molar-refractivity contribution is -0.115. The number of aliphatic hydroxyl groups excluding tert-OH is 3. The molecule has 44 heavy (non-hydrogen) atoms. The minimum Gasteiger partial charge on any atom is -0.393 e. The van der Waals surface area contributed by atoms with Crippen molar-refractivity contribution in [3.8, 4) is 0 Å². The van der Waals surface area contributed by atoms with E-state index in [1.807, 2.05) is 50.3 Å². The van der Waals surface area contributed by atoms with E-state index in [4.69, 9.17) is 0 Å². The molecule has 2 aliphatic carbocycles. The summed E-state index contributed by atoms with van der Waals surface area (Å²) in [5.74, 6) is 0.248. The third-order valence-corrected chi connectivity index (χ3v) is 8.76. The van der Waals surface area contributed by atoms with Gasteiger partial charge in [0.2, 0.25) is 0 Å². The lowest BCUT2D eigenvalue weighted by Crippen LogP contribution is -2.32. The fourth-order valence-corrected chi connectivity index (χ4v) is 6.39. The second kappa shape index (κ2) is 16.9. The van der Waals surface area contributed by atoms with E-state index in [9.17, 15) is 20.1 Å². The molecule has 0 aromatic rings. The van der Waals surface area contributed by atoms with Crippen LogP contribution in [0.15, 0.2) is 118 Å². The predicted molar refractivity (Wildman–Crippen MR) is 186 cm³/mol. The molecule has 0 amide bonds. The van der Waals surface area contributed by atoms with Crippen LogP contribution in [0.5, 0.6) is 0 Å². The topological polar surface area (TPSA) is 77.8 Å². The molecule has 0 saturated carbocycles. The molecular weight excluding hydrogens is 544 g/mol. The van der Waals surface area contributed by atoms with E-state index < -0.39 is 0 Å². The molecule has 0 fully saturated rings. The normalized spacial score (nSPS) is 25.6. The molecular formula is C40H56O4. The molecule has 0 aromatic heterocycles. The molecule has 0 bridgehead atoms. The monoisotopic (exact) mass is 600 g/mol. The summed E-state index contributed by atoms with van der Waals surface area (Å²) in [5.41, 5.74) is 6.91. The van der Waals surface area contributed by atoms with Crippen LogP contribution < -0.4 is 0 Å². The minimum atomic E-state index is -0.363. The fraction of sp³-hybridized carbons (Fsp3) is 0.475. The first kappa shape index (κ1) is 37.1. The summed E-state index contributed by atoms with van der Waals surface area (Å²) in [6.45, 7) is 18.5. The summed E-state index contributed by atoms with van der Waals surface area (Å²) in [6, 6.07) is 0. The van der Waals surface area contributed by atoms with E-state index in [0.717, 1.165) is 28.7 Å². The lowest BCUT2D eigenvalue weighted by atomic mass is 9.67. The van der Waals surface area contributed by atoms with Crippen molar-refractivity contribution < 1.29 is 20.1 Å². The van der Waals surface area contributed by atoms with Gasteiger partial charge in [0.05, 0.1) is 18.8 Å². The van der Waals surface area contributed by atoms with Crippen LogP contribution in [0.3, 0.4) is 0 Å². The van der Waals surface area contributed by atoms with Gasteiger partial charge in [-0.3, -0.25) is 4.79 Å². The van der Waals surface area contributed by atoms with Gasteiger partial charge in [0, 0.05) is 17.9 Å². The minimum absolute atomic E-state index is 0.0349. The second-order valence-corrected chi connectivity index (χ2v) is 14.0. The Morgan fingerprint density at radius 1 is 0.841 bits per heavy atom. The highest BCUT2D eigenvalue weighted by molar-refractivity contribution is 5.97. The maximum atomic E-state index is 13.0. The van der Waals surface area contributed by atoms with Crippen molar-refractivity contribution in [3.63, 3.8) is 0 Å². The van der Waals surface area contributed by atoms with Crippen molar-refractivity contribution >= 4 is 5.78 Å². The van der Waals surface area contributed by atoms with E-state index in [2.05, 4.69) is 84.9 Å². The number of hydrogen-bond acceptors (Lipinski definition) is 4. The van der Waals surface area contributed by atoms with Gasteiger partial charge in [-0.15, -0.1) is 0 Å². The van der Waals surface area contributed by atoms with E-state index in [0.29, 0.717) is 24.3 Å². The molecule has 0 heterocycles. The van der Waals surface area contributed by atoms with E-state index >= 15 is 0 Å². The Hall–Kier alpha value is -3.05. The Morgan fingerprint density at radius 3 is 1.93 bits per heavy atom. The summed E-state index contributed by atoms with van der Waals surface area (Å²) < 4.78 is 0. The predicted octanol–water partition coefficient (Wildman–Crippen LogP) is 8.78. The van der Waals surface area contributed by atoms with E-state index in [1.165, 1.54) is 11.1 Å². The molecule has 240 valence electrons. The number of hydrogen-bond donors (Lipinski definition) is 3. The van der Waals surface area contributed by atoms with Crippen LogP contribution >= 0.6 is 0 Å². The molecule has 0 radical (unpaired) electrons. The van der Waals surface area contributed by atoms with Gasteiger partial charge in [-0.25, -0.2) is 0 Å². The van der Waals surface area contributed by atoms with Crippen LogP contribution in [-0.2, 0) is 4.79 Å². The Balaban J connectivity index is 1.94. The van der Waals surface area contributed by atoms with Gasteiger partial charge in [0.25, 0.3) is 0 Å². The van der Waals surface area contributed by atoms with Crippen molar-refractivity contribution in [2.75, 3.05) is 6.61 Å². The average Bonchev–Trinajstić information content (AvgIpc) is 2.89. The zero-order valence-corrected chi connectivity index (χ0v) is 28.5. The molecule has 2 rings (SSSR count). The summed E-state index contributed by atoms with van der Waals surface area (Å²) >= 11 is 0. The highest BCUT2D eigenvalue weighted by Gasteiger charge is 2.35. The van der Waals surface area contributed by atoms with Gasteiger partial charge >= 0.3 is 0 Å². The second-order valence-electron chi connectivity index (χ2n) is 14.0. The van der Waals surface area contributed by atoms with Crippen molar-refractivity contribution in [1.82, 2.24) is 0 Å². The number of aliphatic hydroxyl groups is 3. The van der Waals surface area contributed by atoms with Gasteiger partial charge in [-0.2, -0.15) is 0 Å². The Kier molecular flexibility index (Phi) is 14.2. The lowest BCUT2D eigenvalue weighted by Gasteiger charge is -2.38.